The average molecular weight is 390 g/mol. The molecule has 0 saturated heterocycles. The lowest BCUT2D eigenvalue weighted by Crippen LogP contribution is -2.62. The number of benzene rings is 1. The monoisotopic (exact) mass is 389 g/mol. The van der Waals surface area contributed by atoms with Gasteiger partial charge >= 0.3 is 0 Å². The van der Waals surface area contributed by atoms with Crippen molar-refractivity contribution in [3.8, 4) is 0 Å². The molecule has 1 aromatic rings. The Kier molecular flexibility index (Phi) is 3.55. The van der Waals surface area contributed by atoms with Gasteiger partial charge in [-0.2, -0.15) is 0 Å². The highest BCUT2D eigenvalue weighted by molar-refractivity contribution is 9.10. The molecule has 0 radical (unpaired) electrons. The quantitative estimate of drug-likeness (QED) is 0.802. The van der Waals surface area contributed by atoms with Crippen LogP contribution in [0.2, 0.25) is 0 Å². The highest BCUT2D eigenvalue weighted by Crippen LogP contribution is 2.48. The molecule has 1 aliphatic carbocycles. The van der Waals surface area contributed by atoms with Crippen molar-refractivity contribution >= 4 is 31.5 Å². The molecule has 4 nitrogen and oxygen atoms in total. The van der Waals surface area contributed by atoms with Crippen LogP contribution in [0.25, 0.3) is 0 Å². The zero-order chi connectivity index (χ0) is 16.3. The number of hydrogen-bond donors (Lipinski definition) is 1. The molecule has 0 amide bonds. The minimum absolute atomic E-state index is 0.182. The topological polar surface area (TPSA) is 66.7 Å². The van der Waals surface area contributed by atoms with Gasteiger partial charge in [-0.05, 0) is 44.9 Å². The van der Waals surface area contributed by atoms with Crippen molar-refractivity contribution in [1.29, 1.82) is 0 Å². The van der Waals surface area contributed by atoms with Gasteiger partial charge in [0.15, 0.2) is 9.84 Å². The van der Waals surface area contributed by atoms with Gasteiger partial charge in [-0.15, -0.1) is 0 Å². The Labute approximate surface area is 137 Å². The highest BCUT2D eigenvalue weighted by atomic mass is 79.9. The predicted molar refractivity (Wildman–Crippen MR) is 86.3 cm³/mol. The summed E-state index contributed by atoms with van der Waals surface area (Å²) in [6.07, 6.45) is -0.240. The van der Waals surface area contributed by atoms with Gasteiger partial charge in [0.2, 0.25) is 0 Å². The van der Waals surface area contributed by atoms with E-state index in [1.807, 2.05) is 0 Å². The number of aliphatic hydroxyl groups excluding tert-OH is 1. The Morgan fingerprint density at radius 1 is 1.41 bits per heavy atom. The Bertz CT molecular complexity index is 771. The fourth-order valence-corrected chi connectivity index (χ4v) is 6.52. The molecule has 22 heavy (non-hydrogen) atoms. The second kappa shape index (κ2) is 4.85. The minimum atomic E-state index is -3.53. The Morgan fingerprint density at radius 3 is 2.59 bits per heavy atom. The zero-order valence-electron chi connectivity index (χ0n) is 12.3. The molecule has 1 atom stereocenters. The van der Waals surface area contributed by atoms with Gasteiger partial charge in [0, 0.05) is 15.7 Å². The molecule has 1 spiro atoms. The van der Waals surface area contributed by atoms with Crippen LogP contribution in [0.5, 0.6) is 0 Å². The number of rotatable bonds is 1. The van der Waals surface area contributed by atoms with Crippen LogP contribution in [0, 0.1) is 5.82 Å². The van der Waals surface area contributed by atoms with Gasteiger partial charge in [0.25, 0.3) is 0 Å². The van der Waals surface area contributed by atoms with Crippen LogP contribution in [0.3, 0.4) is 0 Å². The first-order chi connectivity index (χ1) is 10.1. The van der Waals surface area contributed by atoms with Gasteiger partial charge in [0.1, 0.15) is 10.6 Å². The normalized spacial score (nSPS) is 36.8. The predicted octanol–water partition coefficient (Wildman–Crippen LogP) is 2.59. The molecule has 1 N–H and O–H groups in total. The summed E-state index contributed by atoms with van der Waals surface area (Å²) < 4.78 is 39.4. The third-order valence-electron chi connectivity index (χ3n) is 4.78. The fourth-order valence-electron chi connectivity index (χ4n) is 3.54. The van der Waals surface area contributed by atoms with Gasteiger partial charge in [0.05, 0.1) is 17.4 Å². The van der Waals surface area contributed by atoms with Gasteiger partial charge < -0.3 is 5.11 Å². The van der Waals surface area contributed by atoms with E-state index in [0.717, 1.165) is 0 Å². The lowest BCUT2D eigenvalue weighted by Gasteiger charge is -2.49. The fraction of sp³-hybridized carbons (Fsp3) is 0.533. The summed E-state index contributed by atoms with van der Waals surface area (Å²) in [6, 6.07) is 4.45. The molecule has 0 aromatic heterocycles. The van der Waals surface area contributed by atoms with Crippen LogP contribution in [0.4, 0.5) is 4.39 Å². The average Bonchev–Trinajstić information content (AvgIpc) is 2.35. The van der Waals surface area contributed by atoms with E-state index in [1.165, 1.54) is 6.07 Å². The maximum Gasteiger partial charge on any atom is 0.164 e. The Morgan fingerprint density at radius 2 is 2.05 bits per heavy atom. The summed E-state index contributed by atoms with van der Waals surface area (Å²) >= 11 is 3.29. The summed E-state index contributed by atoms with van der Waals surface area (Å²) in [5.74, 6) is -0.723. The standard InChI is InChI=1S/C15H17BrFNO3S/c1-9-15(6-11(19)7-15)22(20,21)8-14(2,18-9)12-5-10(16)3-4-13(12)17/h3-5,11,19H,6-8H2,1-2H3/t11?,14-,15?/m0/s1. The summed E-state index contributed by atoms with van der Waals surface area (Å²) in [7, 11) is -3.53. The minimum Gasteiger partial charge on any atom is -0.393 e. The summed E-state index contributed by atoms with van der Waals surface area (Å²) in [5.41, 5.74) is -0.423. The van der Waals surface area contributed by atoms with Crippen molar-refractivity contribution in [3.05, 3.63) is 34.1 Å². The maximum atomic E-state index is 14.2. The second-order valence-corrected chi connectivity index (χ2v) is 9.63. The van der Waals surface area contributed by atoms with Crippen molar-refractivity contribution in [2.24, 2.45) is 4.99 Å². The number of aliphatic imine (C=N–C) groups is 1. The number of nitrogens with zero attached hydrogens (tertiary/aromatic N) is 1. The van der Waals surface area contributed by atoms with Gasteiger partial charge in [-0.25, -0.2) is 12.8 Å². The molecule has 0 bridgehead atoms. The largest absolute Gasteiger partial charge is 0.393 e. The van der Waals surface area contributed by atoms with Crippen LogP contribution in [0.1, 0.15) is 32.3 Å². The van der Waals surface area contributed by atoms with E-state index in [0.29, 0.717) is 10.2 Å². The molecule has 0 unspecified atom stereocenters. The van der Waals surface area contributed by atoms with Crippen molar-refractivity contribution in [3.63, 3.8) is 0 Å². The van der Waals surface area contributed by atoms with E-state index in [4.69, 9.17) is 0 Å². The van der Waals surface area contributed by atoms with Gasteiger partial charge in [-0.3, -0.25) is 4.99 Å². The molecule has 3 rings (SSSR count). The lowest BCUT2D eigenvalue weighted by atomic mass is 9.77. The third-order valence-corrected chi connectivity index (χ3v) is 8.03. The molecule has 1 fully saturated rings. The summed E-state index contributed by atoms with van der Waals surface area (Å²) in [5, 5.41) is 9.56. The number of halogens is 2. The van der Waals surface area contributed by atoms with Crippen LogP contribution in [-0.2, 0) is 15.4 Å². The molecular weight excluding hydrogens is 373 g/mol. The van der Waals surface area contributed by atoms with E-state index in [9.17, 15) is 17.9 Å². The molecule has 1 aromatic carbocycles. The molecule has 7 heteroatoms. The lowest BCUT2D eigenvalue weighted by molar-refractivity contribution is 0.0787. The smallest absolute Gasteiger partial charge is 0.164 e. The zero-order valence-corrected chi connectivity index (χ0v) is 14.7. The maximum absolute atomic E-state index is 14.2. The van der Waals surface area contributed by atoms with Crippen LogP contribution >= 0.6 is 15.9 Å². The van der Waals surface area contributed by atoms with Crippen LogP contribution < -0.4 is 0 Å². The van der Waals surface area contributed by atoms with Gasteiger partial charge in [-0.1, -0.05) is 15.9 Å². The number of aliphatic hydroxyl groups is 1. The van der Waals surface area contributed by atoms with E-state index in [-0.39, 0.29) is 24.2 Å². The third kappa shape index (κ3) is 2.17. The Hall–Kier alpha value is -0.790. The van der Waals surface area contributed by atoms with Crippen LogP contribution in [0.15, 0.2) is 27.7 Å². The molecule has 1 heterocycles. The summed E-state index contributed by atoms with van der Waals surface area (Å²) in [6.45, 7) is 3.30. The highest BCUT2D eigenvalue weighted by Gasteiger charge is 2.60. The van der Waals surface area contributed by atoms with E-state index in [1.54, 1.807) is 26.0 Å². The first-order valence-electron chi connectivity index (χ1n) is 7.02. The van der Waals surface area contributed by atoms with E-state index in [2.05, 4.69) is 20.9 Å². The van der Waals surface area contributed by atoms with Crippen molar-refractivity contribution in [2.45, 2.75) is 43.1 Å². The molecule has 2 aliphatic rings. The summed E-state index contributed by atoms with van der Waals surface area (Å²) in [4.78, 5) is 4.56. The first kappa shape index (κ1) is 16.1. The number of hydrogen-bond acceptors (Lipinski definition) is 4. The second-order valence-electron chi connectivity index (χ2n) is 6.41. The molecule has 120 valence electrons. The van der Waals surface area contributed by atoms with Crippen molar-refractivity contribution in [2.75, 3.05) is 5.75 Å². The first-order valence-corrected chi connectivity index (χ1v) is 9.47. The molecule has 1 aliphatic heterocycles. The Balaban J connectivity index is 2.14. The van der Waals surface area contributed by atoms with E-state index >= 15 is 0 Å². The van der Waals surface area contributed by atoms with Crippen LogP contribution in [-0.4, -0.2) is 35.8 Å². The molecular formula is C15H17BrFNO3S. The van der Waals surface area contributed by atoms with E-state index < -0.39 is 32.0 Å². The van der Waals surface area contributed by atoms with Crippen molar-refractivity contribution < 1.29 is 17.9 Å². The number of sulfone groups is 1. The molecule has 1 saturated carbocycles. The van der Waals surface area contributed by atoms with Crippen molar-refractivity contribution in [1.82, 2.24) is 0 Å². The SMILES string of the molecule is CC1=N[C@](C)(c2cc(Br)ccc2F)CS(=O)(=O)C12CC(O)C2.